The van der Waals surface area contributed by atoms with Crippen LogP contribution in [0.25, 0.3) is 88.5 Å². The predicted octanol–water partition coefficient (Wildman–Crippen LogP) is 14.0. The fourth-order valence-corrected chi connectivity index (χ4v) is 16.5. The lowest BCUT2D eigenvalue weighted by atomic mass is 9.93. The maximum Gasteiger partial charge on any atom is 0.243 e. The third-order valence-corrected chi connectivity index (χ3v) is 23.5. The number of ether oxygens (including phenoxy) is 12. The molecular weight excluding hydrogens is 1840 g/mol. The van der Waals surface area contributed by atoms with Gasteiger partial charge in [0.05, 0.1) is 247 Å². The van der Waals surface area contributed by atoms with Gasteiger partial charge in [-0.3, -0.25) is 39.1 Å². The largest absolute Gasteiger partial charge is 0.496 e. The van der Waals surface area contributed by atoms with Gasteiger partial charge in [-0.15, -0.1) is 0 Å². The molecule has 134 heavy (non-hydrogen) atoms. The molecule has 0 spiro atoms. The molecule has 8 aromatic heterocycles. The minimum atomic E-state index is -0.893. The number of amides is 4. The van der Waals surface area contributed by atoms with E-state index < -0.39 is 11.6 Å². The maximum atomic E-state index is 14.8. The number of methoxy groups -OCH3 is 8. The highest BCUT2D eigenvalue weighted by Gasteiger charge is 2.36. The van der Waals surface area contributed by atoms with E-state index in [2.05, 4.69) is 138 Å². The minimum Gasteiger partial charge on any atom is -0.496 e. The summed E-state index contributed by atoms with van der Waals surface area (Å²) >= 11 is 32.8. The smallest absolute Gasteiger partial charge is 0.243 e. The predicted molar refractivity (Wildman–Crippen MR) is 506 cm³/mol. The van der Waals surface area contributed by atoms with E-state index in [1.165, 1.54) is 85.4 Å². The summed E-state index contributed by atoms with van der Waals surface area (Å²) in [7, 11) is 11.8. The first kappa shape index (κ1) is 98.0. The second kappa shape index (κ2) is 44.8. The summed E-state index contributed by atoms with van der Waals surface area (Å²) < 4.78 is 94.0. The molecule has 16 rings (SSSR count). The highest BCUT2D eigenvalue weighted by molar-refractivity contribution is 6.42. The molecule has 700 valence electrons. The number of benzene rings is 4. The van der Waals surface area contributed by atoms with Gasteiger partial charge in [-0.05, 0) is 60.6 Å². The molecule has 8 atom stereocenters. The summed E-state index contributed by atoms with van der Waals surface area (Å²) in [6, 6.07) is 13.5. The number of nitrogens with one attached hydrogen (secondary N) is 8. The summed E-state index contributed by atoms with van der Waals surface area (Å²) in [6.07, 6.45) is 17.9. The Kier molecular flexibility index (Phi) is 32.8. The molecule has 4 saturated heterocycles. The molecule has 4 fully saturated rings. The highest BCUT2D eigenvalue weighted by Crippen LogP contribution is 2.50. The molecule has 12 heterocycles. The number of fused-ring (bicyclic) bond motifs is 4. The van der Waals surface area contributed by atoms with E-state index in [1.807, 2.05) is 18.2 Å². The van der Waals surface area contributed by atoms with E-state index >= 15 is 0 Å². The van der Waals surface area contributed by atoms with Crippen LogP contribution in [0.15, 0.2) is 155 Å². The summed E-state index contributed by atoms with van der Waals surface area (Å²) in [5.74, 6) is 1.60. The van der Waals surface area contributed by atoms with Crippen molar-refractivity contribution in [2.45, 2.75) is 68.1 Å². The number of carbonyl (C=O) groups is 4. The Balaban J connectivity index is 0.000000152. The molecular formula is C92H92Cl5F2N19O16. The number of halogens is 7. The number of rotatable bonds is 29. The zero-order valence-corrected chi connectivity index (χ0v) is 77.7. The lowest BCUT2D eigenvalue weighted by Gasteiger charge is -2.21. The average Bonchev–Trinajstić information content (AvgIpc) is 0.943. The molecule has 0 unspecified atom stereocenters. The van der Waals surface area contributed by atoms with Crippen molar-refractivity contribution in [3.8, 4) is 91.0 Å². The first-order valence-corrected chi connectivity index (χ1v) is 43.1. The lowest BCUT2D eigenvalue weighted by Crippen LogP contribution is -2.45. The van der Waals surface area contributed by atoms with Crippen LogP contribution in [0.4, 0.5) is 32.4 Å². The minimum absolute atomic E-state index is 0.0374. The Labute approximate surface area is 792 Å². The van der Waals surface area contributed by atoms with Crippen LogP contribution in [0.2, 0.25) is 25.1 Å². The van der Waals surface area contributed by atoms with Crippen LogP contribution in [0.5, 0.6) is 46.0 Å². The topological polar surface area (TPSA) is 417 Å². The molecule has 4 aromatic carbocycles. The molecule has 0 bridgehead atoms. The Morgan fingerprint density at radius 2 is 0.597 bits per heavy atom. The first-order chi connectivity index (χ1) is 64.7. The van der Waals surface area contributed by atoms with Crippen LogP contribution in [0.3, 0.4) is 0 Å². The van der Waals surface area contributed by atoms with Gasteiger partial charge in [0.15, 0.2) is 23.1 Å². The van der Waals surface area contributed by atoms with Gasteiger partial charge in [0.1, 0.15) is 40.3 Å². The number of carbonyl (C=O) groups excluding carboxylic acids is 4. The van der Waals surface area contributed by atoms with Crippen LogP contribution in [-0.2, 0) is 38.1 Å². The zero-order chi connectivity index (χ0) is 95.7. The Morgan fingerprint density at radius 1 is 0.336 bits per heavy atom. The number of hydrogen-bond acceptors (Lipinski definition) is 31. The summed E-state index contributed by atoms with van der Waals surface area (Å²) in [5, 5.41) is 29.8. The second-order valence-corrected chi connectivity index (χ2v) is 32.2. The zero-order valence-electron chi connectivity index (χ0n) is 73.9. The van der Waals surface area contributed by atoms with Gasteiger partial charge >= 0.3 is 0 Å². The lowest BCUT2D eigenvalue weighted by molar-refractivity contribution is -0.118. The number of aromatic nitrogens is 11. The number of pyridine rings is 5. The van der Waals surface area contributed by atoms with Crippen molar-refractivity contribution in [3.05, 3.63) is 197 Å². The van der Waals surface area contributed by atoms with Gasteiger partial charge in [-0.25, -0.2) is 43.7 Å². The van der Waals surface area contributed by atoms with E-state index in [9.17, 15) is 28.0 Å². The molecule has 35 nitrogen and oxygen atoms in total. The van der Waals surface area contributed by atoms with Crippen molar-refractivity contribution < 1.29 is 84.8 Å². The summed E-state index contributed by atoms with van der Waals surface area (Å²) in [5.41, 5.74) is 5.85. The van der Waals surface area contributed by atoms with Crippen LogP contribution in [0.1, 0.15) is 25.3 Å². The third kappa shape index (κ3) is 22.4. The van der Waals surface area contributed by atoms with Crippen molar-refractivity contribution in [2.75, 3.05) is 131 Å². The Bertz CT molecular complexity index is 5930. The van der Waals surface area contributed by atoms with Gasteiger partial charge in [-0.1, -0.05) is 98.2 Å². The molecule has 12 aromatic rings. The highest BCUT2D eigenvalue weighted by atomic mass is 35.5. The van der Waals surface area contributed by atoms with Crippen molar-refractivity contribution in [1.82, 2.24) is 76.1 Å². The van der Waals surface area contributed by atoms with Crippen LogP contribution < -0.4 is 80.4 Å². The Hall–Kier alpha value is -13.5. The molecule has 42 heteroatoms. The third-order valence-electron chi connectivity index (χ3n) is 21.6. The van der Waals surface area contributed by atoms with Crippen LogP contribution >= 0.6 is 58.0 Å². The van der Waals surface area contributed by atoms with E-state index in [4.69, 9.17) is 115 Å². The molecule has 4 aliphatic rings. The normalized spacial score (nSPS) is 17.5. The quantitative estimate of drug-likeness (QED) is 0.0202. The van der Waals surface area contributed by atoms with Crippen molar-refractivity contribution in [1.29, 1.82) is 0 Å². The van der Waals surface area contributed by atoms with Crippen LogP contribution in [0, 0.1) is 11.6 Å². The van der Waals surface area contributed by atoms with E-state index in [1.54, 1.807) is 75.7 Å². The molecule has 4 aliphatic heterocycles. The summed E-state index contributed by atoms with van der Waals surface area (Å²) in [4.78, 5) is 95.7. The maximum absolute atomic E-state index is 14.8. The standard InChI is InChI=1S/C25H28ClN5O4.C23H22Cl2N4O4.C22H21Cl2N5O4.C22H21F2N5O4/c1-6-21(32)29-17-11-35-12-18(17)31-25-28-9-14-7-15(27-10-16(14)30-25)23-22(13(2)3)19(33-4)8-20(34-5)24(23)26;1-4-20(30)29-16-11-33-10-15(16)28-19-6-13-8-26-14(5-12(13)9-27-19)21-22(24)17(31-2)7-18(32-3)23(21)25;2*1-4-18(30)27-14-9-33-10-15(14)29-22-26-7-11-5-12(25-8-13(11)28-22)19-20(23)16(31-2)6-17(32-3)21(19)24/h6-10,13,17-18H,1,11-12H2,2-5H3,(H,29,32)(H,28,30,31);4-9,15-16H,1,10-11H2,2-3H3,(H,27,28)(H,29,30);2*4-8,14-15H,1,9-10H2,2-3H3,(H,27,30)(H,26,28,29)/t17-,18+;15-,16+;2*14-,15+/m0100/s1. The van der Waals surface area contributed by atoms with Gasteiger partial charge in [-0.2, -0.15) is 0 Å². The van der Waals surface area contributed by atoms with Crippen molar-refractivity contribution in [3.63, 3.8) is 0 Å². The molecule has 8 N–H and O–H groups in total. The fraction of sp³-hybridized carbons (Fsp3) is 0.293. The van der Waals surface area contributed by atoms with Crippen molar-refractivity contribution >= 4 is 149 Å². The molecule has 0 radical (unpaired) electrons. The SMILES string of the molecule is C=CC(=O)N[C@H]1COC[C@H]1Nc1cc2cnc(-c3c(Cl)c(OC)cc(OC)c3Cl)cc2cn1.C=CC(=O)N[C@H]1COC[C@H]1Nc1ncc2cc(-c3c(Cl)c(OC)cc(OC)c3C(C)C)ncc2n1.C=CC(=O)N[C@H]1COC[C@H]1Nc1ncc2cc(-c3c(Cl)c(OC)cc(OC)c3Cl)ncc2n1.C=CC(=O)N[C@H]1COC[C@H]1Nc1ncc2cc(-c3c(F)c(OC)cc(OC)c3F)ncc2n1. The summed E-state index contributed by atoms with van der Waals surface area (Å²) in [6.45, 7) is 21.2. The first-order valence-electron chi connectivity index (χ1n) is 41.2. The van der Waals surface area contributed by atoms with Gasteiger partial charge in [0, 0.05) is 104 Å². The fourth-order valence-electron chi connectivity index (χ4n) is 14.8. The average molecular weight is 1940 g/mol. The monoisotopic (exact) mass is 1930 g/mol. The molecule has 0 aliphatic carbocycles. The van der Waals surface area contributed by atoms with E-state index in [-0.39, 0.29) is 101 Å². The number of nitrogens with zero attached hydrogens (tertiary/aromatic N) is 11. The van der Waals surface area contributed by atoms with Crippen molar-refractivity contribution in [2.24, 2.45) is 0 Å². The number of anilines is 4. The number of hydrogen-bond donors (Lipinski definition) is 8. The molecule has 4 amide bonds. The van der Waals surface area contributed by atoms with Crippen LogP contribution in [-0.4, -0.2) is 237 Å². The van der Waals surface area contributed by atoms with E-state index in [0.29, 0.717) is 186 Å². The Morgan fingerprint density at radius 3 is 0.925 bits per heavy atom. The van der Waals surface area contributed by atoms with Gasteiger partial charge < -0.3 is 99.4 Å². The van der Waals surface area contributed by atoms with Gasteiger partial charge in [0.2, 0.25) is 41.5 Å². The molecule has 0 saturated carbocycles. The second-order valence-electron chi connectivity index (χ2n) is 30.3. The van der Waals surface area contributed by atoms with Gasteiger partial charge in [0.25, 0.3) is 0 Å². The van der Waals surface area contributed by atoms with E-state index in [0.717, 1.165) is 38.7 Å².